The van der Waals surface area contributed by atoms with Gasteiger partial charge < -0.3 is 10.5 Å². The zero-order valence-corrected chi connectivity index (χ0v) is 17.8. The molecule has 0 amide bonds. The quantitative estimate of drug-likeness (QED) is 0.524. The highest BCUT2D eigenvalue weighted by Crippen LogP contribution is 2.40. The fourth-order valence-corrected chi connectivity index (χ4v) is 4.00. The number of nitrogens with one attached hydrogen (secondary N) is 2. The summed E-state index contributed by atoms with van der Waals surface area (Å²) in [6.07, 6.45) is 3.33. The molecule has 31 heavy (non-hydrogen) atoms. The molecule has 12 heteroatoms. The Balaban J connectivity index is 1.67. The van der Waals surface area contributed by atoms with E-state index in [-0.39, 0.29) is 38.8 Å². The summed E-state index contributed by atoms with van der Waals surface area (Å²) in [6, 6.07) is 4.33. The maximum Gasteiger partial charge on any atom is 0.349 e. The van der Waals surface area contributed by atoms with Crippen LogP contribution in [0, 0.1) is 5.92 Å². The summed E-state index contributed by atoms with van der Waals surface area (Å²) in [5.41, 5.74) is 4.36. The topological polar surface area (TPSA) is 149 Å². The number of hydrogen-bond acceptors (Lipinski definition) is 7. The summed E-state index contributed by atoms with van der Waals surface area (Å²) < 4.78 is 6.60. The Bertz CT molecular complexity index is 1300. The second kappa shape index (κ2) is 8.20. The van der Waals surface area contributed by atoms with Crippen LogP contribution in [0.2, 0.25) is 10.0 Å². The molecule has 3 aromatic rings. The highest BCUT2D eigenvalue weighted by Gasteiger charge is 2.27. The first-order valence-corrected chi connectivity index (χ1v) is 10.3. The predicted molar refractivity (Wildman–Crippen MR) is 116 cm³/mol. The van der Waals surface area contributed by atoms with Crippen LogP contribution in [-0.2, 0) is 0 Å². The van der Waals surface area contributed by atoms with Gasteiger partial charge in [-0.2, -0.15) is 4.68 Å². The van der Waals surface area contributed by atoms with Gasteiger partial charge in [0.2, 0.25) is 11.7 Å². The Labute approximate surface area is 185 Å². The van der Waals surface area contributed by atoms with E-state index in [2.05, 4.69) is 15.3 Å². The zero-order chi connectivity index (χ0) is 22.3. The average Bonchev–Trinajstić information content (AvgIpc) is 2.67. The fourth-order valence-electron chi connectivity index (χ4n) is 3.44. The first-order valence-electron chi connectivity index (χ1n) is 9.50. The van der Waals surface area contributed by atoms with Gasteiger partial charge in [0.05, 0.1) is 15.7 Å². The average molecular weight is 465 g/mol. The molecule has 4 N–H and O–H groups in total. The maximum absolute atomic E-state index is 12.2. The van der Waals surface area contributed by atoms with E-state index < -0.39 is 17.1 Å². The van der Waals surface area contributed by atoms with Crippen LogP contribution in [0.1, 0.15) is 37.7 Å². The van der Waals surface area contributed by atoms with Crippen LogP contribution in [0.5, 0.6) is 11.6 Å². The Morgan fingerprint density at radius 3 is 2.45 bits per heavy atom. The molecule has 1 aromatic carbocycles. The number of nitrogens with zero attached hydrogens (tertiary/aromatic N) is 3. The van der Waals surface area contributed by atoms with Crippen molar-refractivity contribution in [3.05, 3.63) is 65.0 Å². The minimum absolute atomic E-state index is 0.0579. The summed E-state index contributed by atoms with van der Waals surface area (Å²) in [7, 11) is 0. The Morgan fingerprint density at radius 2 is 1.84 bits per heavy atom. The normalized spacial score (nSPS) is 14.8. The molecule has 10 nitrogen and oxygen atoms in total. The van der Waals surface area contributed by atoms with E-state index in [4.69, 9.17) is 33.7 Å². The van der Waals surface area contributed by atoms with Crippen molar-refractivity contribution in [2.45, 2.75) is 32.1 Å². The second-order valence-corrected chi connectivity index (χ2v) is 8.18. The first-order chi connectivity index (χ1) is 14.7. The fraction of sp³-hybridized carbons (Fsp3) is 0.316. The molecule has 2 heterocycles. The molecule has 0 aliphatic heterocycles. The van der Waals surface area contributed by atoms with Crippen LogP contribution in [0.25, 0.3) is 5.69 Å². The summed E-state index contributed by atoms with van der Waals surface area (Å²) in [4.78, 5) is 37.7. The Hall–Kier alpha value is -3.11. The van der Waals surface area contributed by atoms with Gasteiger partial charge in [0.25, 0.3) is 11.1 Å². The van der Waals surface area contributed by atoms with Crippen molar-refractivity contribution >= 4 is 29.0 Å². The van der Waals surface area contributed by atoms with Crippen LogP contribution in [0.3, 0.4) is 0 Å². The Morgan fingerprint density at radius 1 is 1.16 bits per heavy atom. The second-order valence-electron chi connectivity index (χ2n) is 7.37. The number of aromatic nitrogens is 5. The number of rotatable bonds is 5. The molecular weight excluding hydrogens is 447 g/mol. The molecular formula is C19H18Cl2N6O4. The van der Waals surface area contributed by atoms with Gasteiger partial charge in [-0.1, -0.05) is 36.5 Å². The van der Waals surface area contributed by atoms with Crippen LogP contribution in [0.15, 0.2) is 32.6 Å². The molecule has 2 aromatic heterocycles. The third-order valence-corrected chi connectivity index (χ3v) is 6.01. The molecule has 0 radical (unpaired) electrons. The number of nitrogen functional groups attached to an aromatic ring is 1. The summed E-state index contributed by atoms with van der Waals surface area (Å²) in [6.45, 7) is 2.01. The monoisotopic (exact) mass is 464 g/mol. The van der Waals surface area contributed by atoms with Crippen molar-refractivity contribution in [1.29, 1.82) is 0 Å². The molecule has 4 rings (SSSR count). The number of hydrogen-bond donors (Lipinski definition) is 3. The molecule has 1 fully saturated rings. The minimum atomic E-state index is -0.808. The molecule has 0 saturated heterocycles. The number of benzene rings is 1. The van der Waals surface area contributed by atoms with Crippen molar-refractivity contribution in [2.24, 2.45) is 5.92 Å². The van der Waals surface area contributed by atoms with Gasteiger partial charge >= 0.3 is 5.69 Å². The number of halogens is 2. The van der Waals surface area contributed by atoms with Crippen molar-refractivity contribution in [3.63, 3.8) is 0 Å². The van der Waals surface area contributed by atoms with E-state index in [0.717, 1.165) is 23.9 Å². The van der Waals surface area contributed by atoms with E-state index in [0.29, 0.717) is 11.5 Å². The molecule has 1 aliphatic rings. The van der Waals surface area contributed by atoms with Crippen molar-refractivity contribution < 1.29 is 4.74 Å². The number of aromatic amines is 2. The number of H-pyrrole nitrogens is 2. The molecule has 0 spiro atoms. The molecule has 1 aliphatic carbocycles. The number of ether oxygens (including phenoxy) is 1. The van der Waals surface area contributed by atoms with Gasteiger partial charge in [0.1, 0.15) is 0 Å². The van der Waals surface area contributed by atoms with Crippen LogP contribution >= 0.6 is 23.2 Å². The highest BCUT2D eigenvalue weighted by molar-refractivity contribution is 6.37. The lowest BCUT2D eigenvalue weighted by atomic mass is 9.74. The van der Waals surface area contributed by atoms with Crippen molar-refractivity contribution in [2.75, 3.05) is 5.73 Å². The van der Waals surface area contributed by atoms with E-state index in [1.54, 1.807) is 6.07 Å². The first kappa shape index (κ1) is 21.1. The summed E-state index contributed by atoms with van der Waals surface area (Å²) in [5.74, 6) is 0.344. The maximum atomic E-state index is 12.2. The van der Waals surface area contributed by atoms with E-state index >= 15 is 0 Å². The largest absolute Gasteiger partial charge is 0.434 e. The van der Waals surface area contributed by atoms with Crippen molar-refractivity contribution in [3.8, 4) is 17.3 Å². The lowest BCUT2D eigenvalue weighted by molar-refractivity contribution is 0.270. The molecule has 1 atom stereocenters. The third-order valence-electron chi connectivity index (χ3n) is 5.44. The standard InChI is InChI=1S/C19H18Cl2N6O4/c1-8(9-3-2-4-9)11-7-14(24-25-17(11)28)31-15-12(20)5-10(6-13(15)21)27-19(30)23-18(29)16(22)26-27/h5-9H,2-4H2,1H3,(H2,22,26)(H,25,28)(H,23,29,30). The lowest BCUT2D eigenvalue weighted by Gasteiger charge is -2.31. The van der Waals surface area contributed by atoms with Gasteiger partial charge in [-0.15, -0.1) is 10.2 Å². The van der Waals surface area contributed by atoms with Crippen LogP contribution < -0.4 is 27.3 Å². The van der Waals surface area contributed by atoms with Gasteiger partial charge in [-0.25, -0.2) is 9.89 Å². The number of nitrogens with two attached hydrogens (primary N) is 1. The molecule has 162 valence electrons. The van der Waals surface area contributed by atoms with Gasteiger partial charge in [0.15, 0.2) is 5.75 Å². The molecule has 1 unspecified atom stereocenters. The van der Waals surface area contributed by atoms with E-state index in [1.807, 2.05) is 11.9 Å². The van der Waals surface area contributed by atoms with E-state index in [1.165, 1.54) is 12.1 Å². The van der Waals surface area contributed by atoms with Crippen LogP contribution in [-0.4, -0.2) is 25.0 Å². The molecule has 0 bridgehead atoms. The van der Waals surface area contributed by atoms with Gasteiger partial charge in [0, 0.05) is 11.6 Å². The van der Waals surface area contributed by atoms with Crippen molar-refractivity contribution in [1.82, 2.24) is 25.0 Å². The Kier molecular flexibility index (Phi) is 5.59. The zero-order valence-electron chi connectivity index (χ0n) is 16.3. The lowest BCUT2D eigenvalue weighted by Crippen LogP contribution is -2.33. The summed E-state index contributed by atoms with van der Waals surface area (Å²) >= 11 is 12.6. The van der Waals surface area contributed by atoms with Gasteiger partial charge in [-0.3, -0.25) is 14.6 Å². The molecule has 1 saturated carbocycles. The SMILES string of the molecule is CC(c1cc(Oc2c(Cl)cc(-n3nc(N)c(=O)[nH]c3=O)cc2Cl)n[nH]c1=O)C1CCC1. The highest BCUT2D eigenvalue weighted by atomic mass is 35.5. The van der Waals surface area contributed by atoms with Crippen LogP contribution in [0.4, 0.5) is 5.82 Å². The minimum Gasteiger partial charge on any atom is -0.434 e. The smallest absolute Gasteiger partial charge is 0.349 e. The third kappa shape index (κ3) is 4.08. The van der Waals surface area contributed by atoms with E-state index in [9.17, 15) is 14.4 Å². The number of anilines is 1. The summed E-state index contributed by atoms with van der Waals surface area (Å²) in [5, 5.41) is 10.2. The predicted octanol–water partition coefficient (Wildman–Crippen LogP) is 2.59. The van der Waals surface area contributed by atoms with Gasteiger partial charge in [-0.05, 0) is 36.8 Å².